The van der Waals surface area contributed by atoms with Crippen LogP contribution in [0.5, 0.6) is 0 Å². The second kappa shape index (κ2) is 7.86. The Hall–Kier alpha value is -2.28. The van der Waals surface area contributed by atoms with Gasteiger partial charge in [-0.25, -0.2) is 4.39 Å². The number of carbonyl (C=O) groups is 3. The maximum absolute atomic E-state index is 14.7. The summed E-state index contributed by atoms with van der Waals surface area (Å²) in [7, 11) is 1.39. The monoisotopic (exact) mass is 402 g/mol. The minimum Gasteiger partial charge on any atom is -0.376 e. The van der Waals surface area contributed by atoms with Crippen molar-refractivity contribution in [2.24, 2.45) is 5.92 Å². The molecule has 6 nitrogen and oxygen atoms in total. The molecule has 4 rings (SSSR count). The predicted molar refractivity (Wildman–Crippen MR) is 103 cm³/mol. The maximum atomic E-state index is 14.7. The van der Waals surface area contributed by atoms with Crippen molar-refractivity contribution >= 4 is 17.7 Å². The Morgan fingerprint density at radius 1 is 1.24 bits per heavy atom. The molecule has 2 atom stereocenters. The number of rotatable bonds is 7. The summed E-state index contributed by atoms with van der Waals surface area (Å²) in [4.78, 5) is 41.6. The first-order valence-corrected chi connectivity index (χ1v) is 10.4. The zero-order valence-electron chi connectivity index (χ0n) is 16.7. The van der Waals surface area contributed by atoms with Gasteiger partial charge in [-0.05, 0) is 37.7 Å². The van der Waals surface area contributed by atoms with Crippen LogP contribution in [0.1, 0.15) is 44.1 Å². The average molecular weight is 402 g/mol. The fraction of sp³-hybridized carbons (Fsp3) is 0.591. The van der Waals surface area contributed by atoms with Crippen LogP contribution < -0.4 is 0 Å². The smallest absolute Gasteiger partial charge is 0.240 e. The molecule has 3 fully saturated rings. The second-order valence-electron chi connectivity index (χ2n) is 8.55. The third-order valence-electron chi connectivity index (χ3n) is 6.36. The Bertz CT molecular complexity index is 819. The number of likely N-dealkylation sites (tertiary alicyclic amines) is 1. The van der Waals surface area contributed by atoms with E-state index in [0.717, 1.165) is 30.6 Å². The van der Waals surface area contributed by atoms with E-state index in [1.54, 1.807) is 11.0 Å². The Labute approximate surface area is 170 Å². The van der Waals surface area contributed by atoms with Gasteiger partial charge in [0.05, 0.1) is 11.5 Å². The minimum atomic E-state index is -1.48. The molecule has 2 heterocycles. The number of halogens is 1. The lowest BCUT2D eigenvalue weighted by atomic mass is 9.75. The van der Waals surface area contributed by atoms with E-state index in [9.17, 15) is 18.8 Å². The van der Waals surface area contributed by atoms with Crippen molar-refractivity contribution in [3.8, 4) is 0 Å². The number of ether oxygens (including phenoxy) is 1. The normalized spacial score (nSPS) is 27.0. The lowest BCUT2D eigenvalue weighted by molar-refractivity contribution is -0.142. The van der Waals surface area contributed by atoms with Gasteiger partial charge in [-0.1, -0.05) is 18.2 Å². The van der Waals surface area contributed by atoms with Gasteiger partial charge in [-0.2, -0.15) is 0 Å². The number of hydrogen-bond acceptors (Lipinski definition) is 4. The molecule has 3 amide bonds. The van der Waals surface area contributed by atoms with E-state index in [4.69, 9.17) is 4.74 Å². The van der Waals surface area contributed by atoms with Gasteiger partial charge >= 0.3 is 0 Å². The van der Waals surface area contributed by atoms with E-state index in [2.05, 4.69) is 0 Å². The van der Waals surface area contributed by atoms with Gasteiger partial charge in [0.15, 0.2) is 0 Å². The molecule has 1 aliphatic carbocycles. The Balaban J connectivity index is 1.62. The summed E-state index contributed by atoms with van der Waals surface area (Å²) in [5.74, 6) is -1.20. The molecule has 1 aromatic carbocycles. The second-order valence-corrected chi connectivity index (χ2v) is 8.55. The molecular weight excluding hydrogens is 375 g/mol. The van der Waals surface area contributed by atoms with Gasteiger partial charge in [0.2, 0.25) is 17.7 Å². The predicted octanol–water partition coefficient (Wildman–Crippen LogP) is 2.26. The molecule has 2 aliphatic heterocycles. The third kappa shape index (κ3) is 3.92. The first-order chi connectivity index (χ1) is 13.9. The standard InChI is InChI=1S/C22H27FN2O4/c1-24-19(26)11-22(21(24)28,17-6-2-3-7-18(17)23)12-20(27)25(13-15-8-9-15)14-16-5-4-10-29-16/h2-3,6-7,15-16H,4-5,8-14H2,1H3/t16-,22+/m0/s1. The van der Waals surface area contributed by atoms with Crippen molar-refractivity contribution in [3.05, 3.63) is 35.6 Å². The molecule has 2 saturated heterocycles. The topological polar surface area (TPSA) is 66.9 Å². The number of benzene rings is 1. The molecule has 1 aromatic rings. The number of amides is 3. The van der Waals surface area contributed by atoms with E-state index in [0.29, 0.717) is 25.6 Å². The SMILES string of the molecule is CN1C(=O)C[C@@](CC(=O)N(CC2CC2)C[C@@H]2CCCO2)(c2ccccc2F)C1=O. The van der Waals surface area contributed by atoms with Crippen LogP contribution in [-0.4, -0.2) is 60.4 Å². The highest BCUT2D eigenvalue weighted by molar-refractivity contribution is 6.10. The molecule has 3 aliphatic rings. The third-order valence-corrected chi connectivity index (χ3v) is 6.36. The lowest BCUT2D eigenvalue weighted by Crippen LogP contribution is -2.45. The summed E-state index contributed by atoms with van der Waals surface area (Å²) in [6, 6.07) is 5.95. The molecule has 0 aromatic heterocycles. The van der Waals surface area contributed by atoms with Crippen LogP contribution in [0.25, 0.3) is 0 Å². The number of hydrogen-bond donors (Lipinski definition) is 0. The van der Waals surface area contributed by atoms with Crippen molar-refractivity contribution in [3.63, 3.8) is 0 Å². The van der Waals surface area contributed by atoms with Gasteiger partial charge in [0.25, 0.3) is 0 Å². The molecule has 0 spiro atoms. The summed E-state index contributed by atoms with van der Waals surface area (Å²) in [6.07, 6.45) is 3.68. The van der Waals surface area contributed by atoms with E-state index in [1.165, 1.54) is 25.2 Å². The summed E-state index contributed by atoms with van der Waals surface area (Å²) in [5.41, 5.74) is -1.35. The first-order valence-electron chi connectivity index (χ1n) is 10.4. The zero-order valence-corrected chi connectivity index (χ0v) is 16.7. The quantitative estimate of drug-likeness (QED) is 0.656. The Morgan fingerprint density at radius 2 is 2.00 bits per heavy atom. The van der Waals surface area contributed by atoms with Gasteiger partial charge < -0.3 is 9.64 Å². The summed E-state index contributed by atoms with van der Waals surface area (Å²) in [5, 5.41) is 0. The zero-order chi connectivity index (χ0) is 20.6. The summed E-state index contributed by atoms with van der Waals surface area (Å²) >= 11 is 0. The molecule has 1 saturated carbocycles. The van der Waals surface area contributed by atoms with Crippen molar-refractivity contribution < 1.29 is 23.5 Å². The van der Waals surface area contributed by atoms with Crippen molar-refractivity contribution in [2.45, 2.75) is 50.0 Å². The largest absolute Gasteiger partial charge is 0.376 e. The number of carbonyl (C=O) groups excluding carboxylic acids is 3. The molecule has 0 unspecified atom stereocenters. The minimum absolute atomic E-state index is 0.00527. The average Bonchev–Trinajstić information content (AvgIpc) is 3.32. The Kier molecular flexibility index (Phi) is 5.42. The van der Waals surface area contributed by atoms with E-state index in [1.807, 2.05) is 0 Å². The highest BCUT2D eigenvalue weighted by Crippen LogP contribution is 2.41. The van der Waals surface area contributed by atoms with Gasteiger partial charge in [0.1, 0.15) is 5.82 Å². The van der Waals surface area contributed by atoms with Crippen LogP contribution in [0, 0.1) is 11.7 Å². The number of likely N-dealkylation sites (N-methyl/N-ethyl adjacent to an activating group) is 1. The molecule has 156 valence electrons. The van der Waals surface area contributed by atoms with Gasteiger partial charge in [-0.15, -0.1) is 0 Å². The van der Waals surface area contributed by atoms with Crippen LogP contribution >= 0.6 is 0 Å². The van der Waals surface area contributed by atoms with Crippen LogP contribution in [0.4, 0.5) is 4.39 Å². The van der Waals surface area contributed by atoms with Crippen molar-refractivity contribution in [2.75, 3.05) is 26.7 Å². The maximum Gasteiger partial charge on any atom is 0.240 e. The highest BCUT2D eigenvalue weighted by atomic mass is 19.1. The van der Waals surface area contributed by atoms with Gasteiger partial charge in [0, 0.05) is 45.1 Å². The van der Waals surface area contributed by atoms with Crippen LogP contribution in [0.3, 0.4) is 0 Å². The van der Waals surface area contributed by atoms with Crippen LogP contribution in [0.2, 0.25) is 0 Å². The number of imide groups is 1. The van der Waals surface area contributed by atoms with E-state index < -0.39 is 17.1 Å². The lowest BCUT2D eigenvalue weighted by Gasteiger charge is -2.31. The highest BCUT2D eigenvalue weighted by Gasteiger charge is 2.54. The fourth-order valence-corrected chi connectivity index (χ4v) is 4.47. The van der Waals surface area contributed by atoms with E-state index in [-0.39, 0.29) is 36.3 Å². The van der Waals surface area contributed by atoms with Crippen LogP contribution in [-0.2, 0) is 24.5 Å². The molecule has 0 radical (unpaired) electrons. The van der Waals surface area contributed by atoms with E-state index >= 15 is 0 Å². The molecule has 7 heteroatoms. The van der Waals surface area contributed by atoms with Gasteiger partial charge in [-0.3, -0.25) is 19.3 Å². The summed E-state index contributed by atoms with van der Waals surface area (Å²) in [6.45, 7) is 1.82. The molecule has 0 bridgehead atoms. The fourth-order valence-electron chi connectivity index (χ4n) is 4.47. The molecule has 29 heavy (non-hydrogen) atoms. The molecular formula is C22H27FN2O4. The van der Waals surface area contributed by atoms with Crippen molar-refractivity contribution in [1.82, 2.24) is 9.80 Å². The number of nitrogens with zero attached hydrogens (tertiary/aromatic N) is 2. The summed E-state index contributed by atoms with van der Waals surface area (Å²) < 4.78 is 20.4. The molecule has 0 N–H and O–H groups in total. The van der Waals surface area contributed by atoms with Crippen molar-refractivity contribution in [1.29, 1.82) is 0 Å². The first kappa shape index (κ1) is 20.0. The van der Waals surface area contributed by atoms with Crippen LogP contribution in [0.15, 0.2) is 24.3 Å². The Morgan fingerprint density at radius 3 is 2.59 bits per heavy atom.